The molecule has 0 saturated carbocycles. The van der Waals surface area contributed by atoms with Gasteiger partial charge in [-0.2, -0.15) is 0 Å². The van der Waals surface area contributed by atoms with E-state index in [0.717, 1.165) is 0 Å². The molecule has 10 nitrogen and oxygen atoms in total. The predicted molar refractivity (Wildman–Crippen MR) is 94.2 cm³/mol. The van der Waals surface area contributed by atoms with Crippen LogP contribution in [0.1, 0.15) is 13.3 Å². The number of hydrogen-bond donors (Lipinski definition) is 1. The second-order valence-corrected chi connectivity index (χ2v) is 8.18. The van der Waals surface area contributed by atoms with E-state index in [9.17, 15) is 13.2 Å². The molecule has 0 bridgehead atoms. The van der Waals surface area contributed by atoms with Crippen molar-refractivity contribution >= 4 is 21.6 Å². The molecule has 1 aliphatic rings. The number of aromatic nitrogens is 4. The summed E-state index contributed by atoms with van der Waals surface area (Å²) >= 11 is 0. The average molecular weight is 380 g/mol. The molecule has 2 aromatic rings. The maximum Gasteiger partial charge on any atom is 0.322 e. The van der Waals surface area contributed by atoms with E-state index in [0.29, 0.717) is 30.1 Å². The number of sulfone groups is 1. The first-order valence-corrected chi connectivity index (χ1v) is 9.94. The van der Waals surface area contributed by atoms with E-state index in [1.54, 1.807) is 23.1 Å². The molecule has 140 valence electrons. The van der Waals surface area contributed by atoms with Gasteiger partial charge in [0.15, 0.2) is 9.84 Å². The highest BCUT2D eigenvalue weighted by molar-refractivity contribution is 7.91. The molecule has 2 heterocycles. The molecule has 0 spiro atoms. The SMILES string of the molecule is CCN(C(=O)Nc1cc(OC)cc(-n2cnnn2)c1)C1CCS(=O)(=O)C1. The molecule has 1 aromatic heterocycles. The minimum atomic E-state index is -3.07. The molecule has 0 radical (unpaired) electrons. The van der Waals surface area contributed by atoms with Crippen LogP contribution in [0, 0.1) is 0 Å². The second kappa shape index (κ2) is 7.28. The summed E-state index contributed by atoms with van der Waals surface area (Å²) in [6, 6.07) is 4.44. The van der Waals surface area contributed by atoms with E-state index in [-0.39, 0.29) is 23.6 Å². The molecule has 11 heteroatoms. The Balaban J connectivity index is 1.81. The fourth-order valence-corrected chi connectivity index (χ4v) is 4.70. The smallest absolute Gasteiger partial charge is 0.322 e. The molecule has 1 aliphatic heterocycles. The third-order valence-corrected chi connectivity index (χ3v) is 5.99. The van der Waals surface area contributed by atoms with Crippen LogP contribution in [0.15, 0.2) is 24.5 Å². The maximum atomic E-state index is 12.7. The summed E-state index contributed by atoms with van der Waals surface area (Å²) in [4.78, 5) is 14.2. The number of benzene rings is 1. The summed E-state index contributed by atoms with van der Waals surface area (Å²) < 4.78 is 30.1. The molecule has 1 fully saturated rings. The van der Waals surface area contributed by atoms with Gasteiger partial charge in [0.1, 0.15) is 12.1 Å². The zero-order valence-electron chi connectivity index (χ0n) is 14.5. The van der Waals surface area contributed by atoms with Crippen molar-refractivity contribution in [2.24, 2.45) is 0 Å². The Labute approximate surface area is 151 Å². The van der Waals surface area contributed by atoms with Crippen molar-refractivity contribution in [1.29, 1.82) is 0 Å². The number of methoxy groups -OCH3 is 1. The van der Waals surface area contributed by atoms with E-state index in [1.165, 1.54) is 18.1 Å². The number of urea groups is 1. The highest BCUT2D eigenvalue weighted by atomic mass is 32.2. The van der Waals surface area contributed by atoms with Gasteiger partial charge >= 0.3 is 6.03 Å². The number of rotatable bonds is 5. The Bertz CT molecular complexity index is 884. The molecule has 3 rings (SSSR count). The normalized spacial score (nSPS) is 18.5. The second-order valence-electron chi connectivity index (χ2n) is 5.95. The standard InChI is InChI=1S/C15H20N6O4S/c1-3-20(12-4-5-26(23,24)9-12)15(22)17-11-6-13(8-14(7-11)25-2)21-10-16-18-19-21/h6-8,10,12H,3-5,9H2,1-2H3,(H,17,22). The van der Waals surface area contributed by atoms with Crippen molar-refractivity contribution in [3.63, 3.8) is 0 Å². The van der Waals surface area contributed by atoms with Crippen LogP contribution in [-0.4, -0.2) is 70.8 Å². The van der Waals surface area contributed by atoms with Crippen LogP contribution in [0.2, 0.25) is 0 Å². The van der Waals surface area contributed by atoms with Gasteiger partial charge in [-0.15, -0.1) is 5.10 Å². The zero-order valence-corrected chi connectivity index (χ0v) is 15.3. The fraction of sp³-hybridized carbons (Fsp3) is 0.467. The van der Waals surface area contributed by atoms with Gasteiger partial charge in [0.2, 0.25) is 0 Å². The molecular formula is C15H20N6O4S. The topological polar surface area (TPSA) is 119 Å². The summed E-state index contributed by atoms with van der Waals surface area (Å²) in [5.41, 5.74) is 1.12. The van der Waals surface area contributed by atoms with Crippen LogP contribution in [0.25, 0.3) is 5.69 Å². The van der Waals surface area contributed by atoms with Crippen LogP contribution in [0.4, 0.5) is 10.5 Å². The first-order chi connectivity index (χ1) is 12.4. The van der Waals surface area contributed by atoms with Crippen molar-refractivity contribution < 1.29 is 17.9 Å². The highest BCUT2D eigenvalue weighted by Crippen LogP contribution is 2.24. The Kier molecular flexibility index (Phi) is 5.07. The van der Waals surface area contributed by atoms with Gasteiger partial charge in [-0.25, -0.2) is 17.9 Å². The molecule has 2 amide bonds. The number of nitrogens with zero attached hydrogens (tertiary/aromatic N) is 5. The lowest BCUT2D eigenvalue weighted by molar-refractivity contribution is 0.197. The van der Waals surface area contributed by atoms with Crippen molar-refractivity contribution in [2.45, 2.75) is 19.4 Å². The fourth-order valence-electron chi connectivity index (χ4n) is 2.97. The number of anilines is 1. The number of ether oxygens (including phenoxy) is 1. The molecule has 1 unspecified atom stereocenters. The molecule has 1 N–H and O–H groups in total. The minimum Gasteiger partial charge on any atom is -0.497 e. The lowest BCUT2D eigenvalue weighted by Gasteiger charge is -2.27. The van der Waals surface area contributed by atoms with E-state index in [1.807, 2.05) is 6.92 Å². The highest BCUT2D eigenvalue weighted by Gasteiger charge is 2.34. The van der Waals surface area contributed by atoms with Crippen LogP contribution >= 0.6 is 0 Å². The lowest BCUT2D eigenvalue weighted by Crippen LogP contribution is -2.43. The molecule has 26 heavy (non-hydrogen) atoms. The Morgan fingerprint density at radius 2 is 2.23 bits per heavy atom. The first kappa shape index (κ1) is 18.1. The molecule has 1 atom stereocenters. The largest absolute Gasteiger partial charge is 0.497 e. The van der Waals surface area contributed by atoms with Crippen LogP contribution in [0.5, 0.6) is 5.75 Å². The van der Waals surface area contributed by atoms with Gasteiger partial charge < -0.3 is 15.0 Å². The summed E-state index contributed by atoms with van der Waals surface area (Å²) in [5, 5.41) is 13.8. The lowest BCUT2D eigenvalue weighted by atomic mass is 10.2. The van der Waals surface area contributed by atoms with Gasteiger partial charge in [0.05, 0.1) is 24.3 Å². The van der Waals surface area contributed by atoms with E-state index in [4.69, 9.17) is 4.74 Å². The monoisotopic (exact) mass is 380 g/mol. The number of nitrogens with one attached hydrogen (secondary N) is 1. The van der Waals surface area contributed by atoms with Crippen molar-refractivity contribution in [1.82, 2.24) is 25.1 Å². The molecule has 1 aromatic carbocycles. The Morgan fingerprint density at radius 1 is 1.42 bits per heavy atom. The van der Waals surface area contributed by atoms with Gasteiger partial charge in [-0.3, -0.25) is 0 Å². The van der Waals surface area contributed by atoms with E-state index < -0.39 is 9.84 Å². The van der Waals surface area contributed by atoms with Crippen molar-refractivity contribution in [2.75, 3.05) is 30.5 Å². The maximum absolute atomic E-state index is 12.7. The zero-order chi connectivity index (χ0) is 18.7. The molecule has 1 saturated heterocycles. The van der Waals surface area contributed by atoms with Crippen LogP contribution in [0.3, 0.4) is 0 Å². The van der Waals surface area contributed by atoms with Crippen molar-refractivity contribution in [3.8, 4) is 11.4 Å². The summed E-state index contributed by atoms with van der Waals surface area (Å²) in [6.45, 7) is 2.23. The van der Waals surface area contributed by atoms with E-state index in [2.05, 4.69) is 20.8 Å². The first-order valence-electron chi connectivity index (χ1n) is 8.12. The summed E-state index contributed by atoms with van der Waals surface area (Å²) in [5.74, 6) is 0.645. The van der Waals surface area contributed by atoms with E-state index >= 15 is 0 Å². The third-order valence-electron chi connectivity index (χ3n) is 4.24. The number of carbonyl (C=O) groups is 1. The average Bonchev–Trinajstić information content (AvgIpc) is 3.25. The molecule has 0 aliphatic carbocycles. The van der Waals surface area contributed by atoms with Crippen molar-refractivity contribution in [3.05, 3.63) is 24.5 Å². The summed E-state index contributed by atoms with van der Waals surface area (Å²) in [6.07, 6.45) is 1.89. The Hall–Kier alpha value is -2.69. The predicted octanol–water partition coefficient (Wildman–Crippen LogP) is 0.712. The number of amides is 2. The third kappa shape index (κ3) is 3.93. The van der Waals surface area contributed by atoms with Gasteiger partial charge in [-0.1, -0.05) is 0 Å². The number of hydrogen-bond acceptors (Lipinski definition) is 7. The van der Waals surface area contributed by atoms with Gasteiger partial charge in [0, 0.05) is 30.4 Å². The van der Waals surface area contributed by atoms with Crippen LogP contribution in [-0.2, 0) is 9.84 Å². The molecular weight excluding hydrogens is 360 g/mol. The quantitative estimate of drug-likeness (QED) is 0.811. The van der Waals surface area contributed by atoms with Gasteiger partial charge in [0.25, 0.3) is 0 Å². The minimum absolute atomic E-state index is 0.00223. The van der Waals surface area contributed by atoms with Gasteiger partial charge in [-0.05, 0) is 29.8 Å². The summed E-state index contributed by atoms with van der Waals surface area (Å²) in [7, 11) is -1.55. The Morgan fingerprint density at radius 3 is 2.81 bits per heavy atom. The number of carbonyl (C=O) groups excluding carboxylic acids is 1. The number of tetrazole rings is 1. The van der Waals surface area contributed by atoms with Crippen LogP contribution < -0.4 is 10.1 Å².